The molecule has 0 amide bonds. The normalized spacial score (nSPS) is 10.9. The van der Waals surface area contributed by atoms with Crippen molar-refractivity contribution in [2.75, 3.05) is 17.6 Å². The number of hydrogen-bond donors (Lipinski definition) is 2. The maximum atomic E-state index is 9.50. The summed E-state index contributed by atoms with van der Waals surface area (Å²) in [6.45, 7) is 2.77. The molecule has 0 fully saturated rings. The number of benzene rings is 1. The van der Waals surface area contributed by atoms with Crippen molar-refractivity contribution in [3.05, 3.63) is 58.9 Å². The van der Waals surface area contributed by atoms with Crippen LogP contribution in [0.3, 0.4) is 0 Å². The molecule has 7 nitrogen and oxygen atoms in total. The van der Waals surface area contributed by atoms with Crippen molar-refractivity contribution >= 4 is 33.2 Å². The van der Waals surface area contributed by atoms with Crippen LogP contribution in [0.15, 0.2) is 42.7 Å². The van der Waals surface area contributed by atoms with Gasteiger partial charge in [0.25, 0.3) is 0 Å². The summed E-state index contributed by atoms with van der Waals surface area (Å²) >= 11 is 1.66. The summed E-state index contributed by atoms with van der Waals surface area (Å²) in [6.07, 6.45) is 3.03. The third kappa shape index (κ3) is 3.40. The van der Waals surface area contributed by atoms with Crippen LogP contribution in [-0.4, -0.2) is 26.3 Å². The Labute approximate surface area is 166 Å². The van der Waals surface area contributed by atoms with Crippen molar-refractivity contribution in [3.63, 3.8) is 0 Å². The molecular weight excluding hydrogens is 370 g/mol. The lowest BCUT2D eigenvalue weighted by atomic mass is 10.1. The lowest BCUT2D eigenvalue weighted by Gasteiger charge is -2.05. The van der Waals surface area contributed by atoms with Gasteiger partial charge in [-0.3, -0.25) is 0 Å². The summed E-state index contributed by atoms with van der Waals surface area (Å²) in [6, 6.07) is 13.9. The van der Waals surface area contributed by atoms with E-state index in [4.69, 9.17) is 5.73 Å². The molecule has 0 aliphatic carbocycles. The monoisotopic (exact) mass is 389 g/mol. The third-order valence-corrected chi connectivity index (χ3v) is 5.40. The van der Waals surface area contributed by atoms with E-state index in [1.165, 1.54) is 4.88 Å². The van der Waals surface area contributed by atoms with Crippen molar-refractivity contribution < 1.29 is 0 Å². The van der Waals surface area contributed by atoms with Gasteiger partial charge in [0.2, 0.25) is 0 Å². The number of nitrogens with two attached hydrogens (primary N) is 1. The van der Waals surface area contributed by atoms with Crippen LogP contribution in [0, 0.1) is 18.3 Å². The van der Waals surface area contributed by atoms with Crippen molar-refractivity contribution in [1.29, 1.82) is 5.26 Å². The van der Waals surface area contributed by atoms with Crippen molar-refractivity contribution in [2.24, 2.45) is 0 Å². The molecule has 0 spiro atoms. The van der Waals surface area contributed by atoms with E-state index in [1.54, 1.807) is 22.3 Å². The number of para-hydroxylation sites is 1. The molecule has 0 unspecified atom stereocenters. The molecule has 8 heteroatoms. The highest BCUT2D eigenvalue weighted by molar-refractivity contribution is 7.18. The summed E-state index contributed by atoms with van der Waals surface area (Å²) < 4.78 is 1.63. The van der Waals surface area contributed by atoms with Crippen molar-refractivity contribution in [1.82, 2.24) is 19.7 Å². The fourth-order valence-electron chi connectivity index (χ4n) is 3.12. The number of aromatic nitrogens is 4. The van der Waals surface area contributed by atoms with E-state index in [2.05, 4.69) is 39.4 Å². The second-order valence-electron chi connectivity index (χ2n) is 6.39. The number of rotatable bonds is 6. The van der Waals surface area contributed by atoms with E-state index in [9.17, 15) is 5.26 Å². The van der Waals surface area contributed by atoms with E-state index in [0.717, 1.165) is 28.1 Å². The summed E-state index contributed by atoms with van der Waals surface area (Å²) in [5, 5.41) is 18.5. The minimum atomic E-state index is 0.378. The quantitative estimate of drug-likeness (QED) is 0.487. The van der Waals surface area contributed by atoms with Gasteiger partial charge < -0.3 is 11.1 Å². The summed E-state index contributed by atoms with van der Waals surface area (Å²) in [5.41, 5.74) is 8.16. The Morgan fingerprint density at radius 2 is 2.07 bits per heavy atom. The highest BCUT2D eigenvalue weighted by Gasteiger charge is 2.16. The number of aryl methyl sites for hydroxylation is 2. The number of nitrogens with zero attached hydrogens (tertiary/aromatic N) is 5. The molecule has 3 N–H and O–H groups in total. The molecule has 3 aromatic heterocycles. The van der Waals surface area contributed by atoms with Gasteiger partial charge in [-0.05, 0) is 38.0 Å². The third-order valence-electron chi connectivity index (χ3n) is 4.44. The van der Waals surface area contributed by atoms with Crippen molar-refractivity contribution in [2.45, 2.75) is 19.8 Å². The fourth-order valence-corrected chi connectivity index (χ4v) is 3.97. The molecule has 0 aliphatic rings. The number of anilines is 2. The van der Waals surface area contributed by atoms with E-state index < -0.39 is 0 Å². The maximum Gasteiger partial charge on any atom is 0.145 e. The maximum absolute atomic E-state index is 9.50. The second kappa shape index (κ2) is 7.66. The van der Waals surface area contributed by atoms with E-state index in [0.29, 0.717) is 30.0 Å². The van der Waals surface area contributed by atoms with Crippen LogP contribution in [0.25, 0.3) is 15.9 Å². The SMILES string of the molecule is Cc1cc2c(NCCCc3nn(-c4ccccc4)c(N)c3C#N)ncnc2s1. The smallest absolute Gasteiger partial charge is 0.145 e. The predicted molar refractivity (Wildman–Crippen MR) is 112 cm³/mol. The van der Waals surface area contributed by atoms with Crippen LogP contribution in [-0.2, 0) is 6.42 Å². The summed E-state index contributed by atoms with van der Waals surface area (Å²) in [7, 11) is 0. The lowest BCUT2D eigenvalue weighted by molar-refractivity contribution is 0.789. The molecule has 140 valence electrons. The van der Waals surface area contributed by atoms with Gasteiger partial charge in [-0.2, -0.15) is 10.4 Å². The van der Waals surface area contributed by atoms with Crippen LogP contribution in [0.2, 0.25) is 0 Å². The predicted octanol–water partition coefficient (Wildman–Crippen LogP) is 3.68. The highest BCUT2D eigenvalue weighted by Crippen LogP contribution is 2.27. The largest absolute Gasteiger partial charge is 0.382 e. The average molecular weight is 389 g/mol. The van der Waals surface area contributed by atoms with Gasteiger partial charge in [-0.1, -0.05) is 18.2 Å². The fraction of sp³-hybridized carbons (Fsp3) is 0.200. The number of hydrogen-bond acceptors (Lipinski definition) is 7. The first-order valence-corrected chi connectivity index (χ1v) is 9.77. The van der Waals surface area contributed by atoms with Gasteiger partial charge in [0.1, 0.15) is 34.4 Å². The van der Waals surface area contributed by atoms with Gasteiger partial charge in [0.15, 0.2) is 0 Å². The zero-order chi connectivity index (χ0) is 19.5. The van der Waals surface area contributed by atoms with Gasteiger partial charge in [-0.25, -0.2) is 14.6 Å². The number of nitrogens with one attached hydrogen (secondary N) is 1. The molecule has 0 saturated heterocycles. The first-order chi connectivity index (χ1) is 13.7. The molecule has 0 atom stereocenters. The van der Waals surface area contributed by atoms with Crippen LogP contribution in [0.4, 0.5) is 11.6 Å². The van der Waals surface area contributed by atoms with Crippen LogP contribution in [0.1, 0.15) is 22.6 Å². The topological polar surface area (TPSA) is 105 Å². The molecular formula is C20H19N7S. The van der Waals surface area contributed by atoms with Crippen LogP contribution in [0.5, 0.6) is 0 Å². The Morgan fingerprint density at radius 3 is 2.86 bits per heavy atom. The molecule has 4 rings (SSSR count). The number of thiophene rings is 1. The van der Waals surface area contributed by atoms with Gasteiger partial charge >= 0.3 is 0 Å². The Bertz CT molecular complexity index is 1150. The zero-order valence-electron chi connectivity index (χ0n) is 15.4. The number of nitrogen functional groups attached to an aromatic ring is 1. The summed E-state index contributed by atoms with van der Waals surface area (Å²) in [5.74, 6) is 1.21. The molecule has 1 aromatic carbocycles. The highest BCUT2D eigenvalue weighted by atomic mass is 32.1. The van der Waals surface area contributed by atoms with E-state index in [-0.39, 0.29) is 0 Å². The molecule has 0 radical (unpaired) electrons. The lowest BCUT2D eigenvalue weighted by Crippen LogP contribution is -2.06. The molecule has 3 heterocycles. The van der Waals surface area contributed by atoms with E-state index in [1.807, 2.05) is 30.3 Å². The average Bonchev–Trinajstić information content (AvgIpc) is 3.25. The first-order valence-electron chi connectivity index (χ1n) is 8.95. The second-order valence-corrected chi connectivity index (χ2v) is 7.63. The van der Waals surface area contributed by atoms with Gasteiger partial charge in [0.05, 0.1) is 16.8 Å². The van der Waals surface area contributed by atoms with Gasteiger partial charge in [-0.15, -0.1) is 11.3 Å². The molecule has 0 aliphatic heterocycles. The standard InChI is InChI=1S/C20H19N7S/c1-13-10-15-19(24-12-25-20(15)28-13)23-9-5-8-17-16(11-21)18(22)27(26-17)14-6-3-2-4-7-14/h2-4,6-7,10,12H,5,8-9,22H2,1H3,(H,23,24,25). The first kappa shape index (κ1) is 17.9. The Morgan fingerprint density at radius 1 is 1.25 bits per heavy atom. The molecule has 4 aromatic rings. The Balaban J connectivity index is 1.46. The molecule has 0 saturated carbocycles. The number of fused-ring (bicyclic) bond motifs is 1. The zero-order valence-corrected chi connectivity index (χ0v) is 16.2. The van der Waals surface area contributed by atoms with Crippen molar-refractivity contribution in [3.8, 4) is 11.8 Å². The molecule has 0 bridgehead atoms. The Kier molecular flexibility index (Phi) is 4.91. The van der Waals surface area contributed by atoms with Crippen LogP contribution >= 0.6 is 11.3 Å². The summed E-state index contributed by atoms with van der Waals surface area (Å²) in [4.78, 5) is 10.8. The van der Waals surface area contributed by atoms with Crippen LogP contribution < -0.4 is 11.1 Å². The van der Waals surface area contributed by atoms with E-state index >= 15 is 0 Å². The molecule has 28 heavy (non-hydrogen) atoms. The minimum absolute atomic E-state index is 0.378. The minimum Gasteiger partial charge on any atom is -0.382 e. The van der Waals surface area contributed by atoms with Gasteiger partial charge in [0, 0.05) is 11.4 Å². The Hall–Kier alpha value is -3.44. The number of nitriles is 1.